The van der Waals surface area contributed by atoms with Gasteiger partial charge in [-0.25, -0.2) is 4.39 Å². The summed E-state index contributed by atoms with van der Waals surface area (Å²) in [6.07, 6.45) is 4.78. The predicted octanol–water partition coefficient (Wildman–Crippen LogP) is 3.02. The van der Waals surface area contributed by atoms with Crippen LogP contribution in [0.15, 0.2) is 36.8 Å². The van der Waals surface area contributed by atoms with Crippen molar-refractivity contribution in [3.05, 3.63) is 48.2 Å². The molecule has 76 valence electrons. The van der Waals surface area contributed by atoms with E-state index in [1.165, 1.54) is 6.07 Å². The van der Waals surface area contributed by atoms with E-state index in [4.69, 9.17) is 11.6 Å². The first-order chi connectivity index (χ1) is 7.31. The summed E-state index contributed by atoms with van der Waals surface area (Å²) in [4.78, 5) is 7.90. The zero-order valence-corrected chi connectivity index (χ0v) is 8.58. The number of rotatable bonds is 2. The Morgan fingerprint density at radius 1 is 1.27 bits per heavy atom. The molecule has 0 fully saturated rings. The van der Waals surface area contributed by atoms with Crippen molar-refractivity contribution in [3.8, 4) is 11.3 Å². The minimum absolute atomic E-state index is 0.264. The van der Waals surface area contributed by atoms with Crippen LogP contribution in [0.4, 0.5) is 4.39 Å². The first kappa shape index (κ1) is 10.1. The molecule has 0 aliphatic heterocycles. The maximum Gasteiger partial charge on any atom is 0.149 e. The Kier molecular flexibility index (Phi) is 2.92. The molecule has 2 nitrogen and oxygen atoms in total. The van der Waals surface area contributed by atoms with Crippen molar-refractivity contribution in [1.29, 1.82) is 0 Å². The molecule has 0 N–H and O–H groups in total. The molecule has 2 aromatic heterocycles. The molecule has 0 spiro atoms. The highest BCUT2D eigenvalue weighted by Gasteiger charge is 2.06. The zero-order chi connectivity index (χ0) is 10.7. The normalized spacial score (nSPS) is 10.3. The van der Waals surface area contributed by atoms with Crippen LogP contribution in [-0.2, 0) is 5.88 Å². The standard InChI is InChI=1S/C11H8ClFN2/c12-6-8-5-10(13)11(15-7-8)9-1-3-14-4-2-9/h1-5,7H,6H2. The van der Waals surface area contributed by atoms with Crippen LogP contribution < -0.4 is 0 Å². The largest absolute Gasteiger partial charge is 0.265 e. The van der Waals surface area contributed by atoms with Crippen molar-refractivity contribution >= 4 is 11.6 Å². The van der Waals surface area contributed by atoms with Crippen molar-refractivity contribution in [2.45, 2.75) is 5.88 Å². The molecule has 2 heterocycles. The fourth-order valence-electron chi connectivity index (χ4n) is 1.27. The van der Waals surface area contributed by atoms with Gasteiger partial charge < -0.3 is 0 Å². The fraction of sp³-hybridized carbons (Fsp3) is 0.0909. The van der Waals surface area contributed by atoms with Gasteiger partial charge in [-0.3, -0.25) is 9.97 Å². The lowest BCUT2D eigenvalue weighted by atomic mass is 10.1. The van der Waals surface area contributed by atoms with Gasteiger partial charge >= 0.3 is 0 Å². The van der Waals surface area contributed by atoms with Gasteiger partial charge in [0, 0.05) is 30.0 Å². The topological polar surface area (TPSA) is 25.8 Å². The van der Waals surface area contributed by atoms with Crippen molar-refractivity contribution < 1.29 is 4.39 Å². The van der Waals surface area contributed by atoms with Crippen LogP contribution in [0.2, 0.25) is 0 Å². The summed E-state index contributed by atoms with van der Waals surface area (Å²) in [5.74, 6) is -0.0973. The molecule has 0 aliphatic carbocycles. The van der Waals surface area contributed by atoms with Gasteiger partial charge in [-0.1, -0.05) is 0 Å². The van der Waals surface area contributed by atoms with Gasteiger partial charge in [-0.2, -0.15) is 0 Å². The lowest BCUT2D eigenvalue weighted by Crippen LogP contribution is -1.91. The number of hydrogen-bond donors (Lipinski definition) is 0. The molecule has 0 bridgehead atoms. The second-order valence-corrected chi connectivity index (χ2v) is 3.31. The molecule has 0 aromatic carbocycles. The van der Waals surface area contributed by atoms with E-state index in [2.05, 4.69) is 9.97 Å². The molecule has 0 unspecified atom stereocenters. The van der Waals surface area contributed by atoms with Gasteiger partial charge in [0.05, 0.1) is 0 Å². The van der Waals surface area contributed by atoms with Crippen molar-refractivity contribution in [1.82, 2.24) is 9.97 Å². The summed E-state index contributed by atoms with van der Waals surface area (Å²) >= 11 is 5.58. The molecule has 0 amide bonds. The van der Waals surface area contributed by atoms with Gasteiger partial charge in [0.25, 0.3) is 0 Å². The van der Waals surface area contributed by atoms with Crippen LogP contribution in [0, 0.1) is 5.82 Å². The van der Waals surface area contributed by atoms with E-state index >= 15 is 0 Å². The number of halogens is 2. The summed E-state index contributed by atoms with van der Waals surface area (Å²) in [5.41, 5.74) is 1.71. The number of aromatic nitrogens is 2. The number of pyridine rings is 2. The summed E-state index contributed by atoms with van der Waals surface area (Å²) in [7, 11) is 0. The third-order valence-corrected chi connectivity index (χ3v) is 2.31. The molecule has 0 saturated carbocycles. The predicted molar refractivity (Wildman–Crippen MR) is 57.0 cm³/mol. The monoisotopic (exact) mass is 222 g/mol. The van der Waals surface area contributed by atoms with Gasteiger partial charge in [-0.15, -0.1) is 11.6 Å². The minimum Gasteiger partial charge on any atom is -0.265 e. The maximum atomic E-state index is 13.6. The molecule has 2 rings (SSSR count). The SMILES string of the molecule is Fc1cc(CCl)cnc1-c1ccncc1. The number of nitrogens with zero attached hydrogens (tertiary/aromatic N) is 2. The van der Waals surface area contributed by atoms with Crippen LogP contribution in [0.25, 0.3) is 11.3 Å². The lowest BCUT2D eigenvalue weighted by molar-refractivity contribution is 0.624. The maximum absolute atomic E-state index is 13.6. The van der Waals surface area contributed by atoms with E-state index in [1.54, 1.807) is 30.7 Å². The Morgan fingerprint density at radius 2 is 2.00 bits per heavy atom. The number of hydrogen-bond acceptors (Lipinski definition) is 2. The van der Waals surface area contributed by atoms with Gasteiger partial charge in [-0.05, 0) is 23.8 Å². The van der Waals surface area contributed by atoms with Gasteiger partial charge in [0.2, 0.25) is 0 Å². The van der Waals surface area contributed by atoms with Crippen molar-refractivity contribution in [2.75, 3.05) is 0 Å². The Labute approximate surface area is 91.8 Å². The highest BCUT2D eigenvalue weighted by atomic mass is 35.5. The zero-order valence-electron chi connectivity index (χ0n) is 7.82. The third-order valence-electron chi connectivity index (χ3n) is 2.01. The van der Waals surface area contributed by atoms with Gasteiger partial charge in [0.1, 0.15) is 11.5 Å². The Balaban J connectivity index is 2.46. The fourth-order valence-corrected chi connectivity index (χ4v) is 1.42. The Bertz CT molecular complexity index is 459. The molecule has 0 radical (unpaired) electrons. The summed E-state index contributed by atoms with van der Waals surface area (Å²) in [5, 5.41) is 0. The van der Waals surface area contributed by atoms with Crippen LogP contribution >= 0.6 is 11.6 Å². The minimum atomic E-state index is -0.362. The molecule has 2 aromatic rings. The molecular weight excluding hydrogens is 215 g/mol. The Hall–Kier alpha value is -1.48. The molecule has 0 aliphatic rings. The lowest BCUT2D eigenvalue weighted by Gasteiger charge is -2.03. The highest BCUT2D eigenvalue weighted by molar-refractivity contribution is 6.17. The first-order valence-electron chi connectivity index (χ1n) is 4.42. The smallest absolute Gasteiger partial charge is 0.149 e. The van der Waals surface area contributed by atoms with Gasteiger partial charge in [0.15, 0.2) is 0 Å². The second-order valence-electron chi connectivity index (χ2n) is 3.04. The van der Waals surface area contributed by atoms with Crippen molar-refractivity contribution in [2.24, 2.45) is 0 Å². The quantitative estimate of drug-likeness (QED) is 0.730. The first-order valence-corrected chi connectivity index (χ1v) is 4.95. The molecule has 4 heteroatoms. The summed E-state index contributed by atoms with van der Waals surface area (Å²) in [6.45, 7) is 0. The second kappa shape index (κ2) is 4.36. The molecule has 0 saturated heterocycles. The van der Waals surface area contributed by atoms with E-state index in [1.807, 2.05) is 0 Å². The summed E-state index contributed by atoms with van der Waals surface area (Å²) < 4.78 is 13.6. The van der Waals surface area contributed by atoms with E-state index in [9.17, 15) is 4.39 Å². The third kappa shape index (κ3) is 2.13. The molecular formula is C11H8ClFN2. The molecule has 0 atom stereocenters. The van der Waals surface area contributed by atoms with Crippen LogP contribution in [0.3, 0.4) is 0 Å². The van der Waals surface area contributed by atoms with Crippen LogP contribution in [0.5, 0.6) is 0 Å². The average Bonchev–Trinajstić information content (AvgIpc) is 2.30. The summed E-state index contributed by atoms with van der Waals surface area (Å²) in [6, 6.07) is 4.83. The van der Waals surface area contributed by atoms with Crippen LogP contribution in [0.1, 0.15) is 5.56 Å². The van der Waals surface area contributed by atoms with E-state index < -0.39 is 0 Å². The average molecular weight is 223 g/mol. The molecule has 15 heavy (non-hydrogen) atoms. The van der Waals surface area contributed by atoms with E-state index in [-0.39, 0.29) is 11.7 Å². The highest BCUT2D eigenvalue weighted by Crippen LogP contribution is 2.20. The Morgan fingerprint density at radius 3 is 2.60 bits per heavy atom. The number of alkyl halides is 1. The van der Waals surface area contributed by atoms with E-state index in [0.29, 0.717) is 16.8 Å². The van der Waals surface area contributed by atoms with Crippen molar-refractivity contribution in [3.63, 3.8) is 0 Å². The van der Waals surface area contributed by atoms with Crippen LogP contribution in [-0.4, -0.2) is 9.97 Å². The van der Waals surface area contributed by atoms with E-state index in [0.717, 1.165) is 0 Å².